The van der Waals surface area contributed by atoms with Crippen molar-refractivity contribution in [3.8, 4) is 0 Å². The topological polar surface area (TPSA) is 58.3 Å². The third-order valence-corrected chi connectivity index (χ3v) is 4.15. The molecular weight excluding hydrogens is 297 g/mol. The second-order valence-electron chi connectivity index (χ2n) is 5.58. The highest BCUT2D eigenvalue weighted by Crippen LogP contribution is 2.21. The van der Waals surface area contributed by atoms with Gasteiger partial charge in [0.1, 0.15) is 12.0 Å². The largest absolute Gasteiger partial charge is 0.356 e. The first-order chi connectivity index (χ1) is 11.3. The van der Waals surface area contributed by atoms with E-state index >= 15 is 0 Å². The van der Waals surface area contributed by atoms with Crippen molar-refractivity contribution in [1.82, 2.24) is 20.0 Å². The van der Waals surface area contributed by atoms with Gasteiger partial charge in [0.05, 0.1) is 6.20 Å². The summed E-state index contributed by atoms with van der Waals surface area (Å²) in [6.45, 7) is 3.83. The molecule has 118 valence electrons. The van der Waals surface area contributed by atoms with E-state index in [-0.39, 0.29) is 5.82 Å². The number of hydrogen-bond acceptors (Lipinski definition) is 6. The van der Waals surface area contributed by atoms with Crippen molar-refractivity contribution in [3.05, 3.63) is 48.3 Å². The Bertz CT molecular complexity index is 813. The number of rotatable bonds is 3. The van der Waals surface area contributed by atoms with E-state index in [2.05, 4.69) is 20.0 Å². The lowest BCUT2D eigenvalue weighted by atomic mass is 10.2. The van der Waals surface area contributed by atoms with Gasteiger partial charge in [-0.15, -0.1) is 0 Å². The van der Waals surface area contributed by atoms with Gasteiger partial charge in [-0.2, -0.15) is 0 Å². The normalized spacial score (nSPS) is 16.1. The van der Waals surface area contributed by atoms with Crippen LogP contribution in [0.5, 0.6) is 0 Å². The summed E-state index contributed by atoms with van der Waals surface area (Å²) >= 11 is 0. The molecule has 1 aliphatic rings. The summed E-state index contributed by atoms with van der Waals surface area (Å²) in [5.74, 6) is 0.00924. The van der Waals surface area contributed by atoms with Gasteiger partial charge in [0.15, 0.2) is 17.2 Å². The molecule has 4 rings (SSSR count). The summed E-state index contributed by atoms with van der Waals surface area (Å²) in [7, 11) is 0. The maximum absolute atomic E-state index is 13.7. The van der Waals surface area contributed by atoms with Crippen molar-refractivity contribution in [2.24, 2.45) is 0 Å². The molecule has 0 saturated carbocycles. The molecule has 0 radical (unpaired) electrons. The number of piperazine rings is 1. The summed E-state index contributed by atoms with van der Waals surface area (Å²) in [5.41, 5.74) is 1.76. The van der Waals surface area contributed by atoms with Gasteiger partial charge in [-0.25, -0.2) is 14.4 Å². The number of benzene rings is 1. The van der Waals surface area contributed by atoms with Crippen LogP contribution in [-0.2, 0) is 6.54 Å². The summed E-state index contributed by atoms with van der Waals surface area (Å²) in [4.78, 5) is 12.0. The third-order valence-electron chi connectivity index (χ3n) is 4.15. The Labute approximate surface area is 132 Å². The van der Waals surface area contributed by atoms with Crippen LogP contribution >= 0.6 is 0 Å². The fourth-order valence-electron chi connectivity index (χ4n) is 2.92. The first-order valence-corrected chi connectivity index (χ1v) is 7.57. The molecule has 2 aromatic heterocycles. The van der Waals surface area contributed by atoms with E-state index in [1.807, 2.05) is 29.2 Å². The van der Waals surface area contributed by atoms with E-state index in [1.54, 1.807) is 0 Å². The monoisotopic (exact) mass is 313 g/mol. The molecule has 0 unspecified atom stereocenters. The minimum Gasteiger partial charge on any atom is -0.356 e. The number of anilines is 1. The second-order valence-corrected chi connectivity index (χ2v) is 5.58. The molecular formula is C16H16FN5O. The standard InChI is InChI=1S/C16H16FN5O/c17-13-9-18-11-19-16(13)22-7-5-21(6-8-22)10-14-12-3-1-2-4-15(12)23-20-14/h1-4,9,11H,5-8,10H2. The molecule has 1 fully saturated rings. The van der Waals surface area contributed by atoms with Crippen LogP contribution in [0.25, 0.3) is 11.0 Å². The summed E-state index contributed by atoms with van der Waals surface area (Å²) < 4.78 is 19.1. The minimum atomic E-state index is -0.372. The van der Waals surface area contributed by atoms with Crippen molar-refractivity contribution in [2.45, 2.75) is 6.54 Å². The van der Waals surface area contributed by atoms with Gasteiger partial charge in [-0.05, 0) is 12.1 Å². The zero-order chi connectivity index (χ0) is 15.6. The first-order valence-electron chi connectivity index (χ1n) is 7.57. The summed E-state index contributed by atoms with van der Waals surface area (Å²) in [6, 6.07) is 7.86. The van der Waals surface area contributed by atoms with Crippen LogP contribution < -0.4 is 4.90 Å². The van der Waals surface area contributed by atoms with Gasteiger partial charge in [0.2, 0.25) is 0 Å². The number of halogens is 1. The molecule has 3 heterocycles. The quantitative estimate of drug-likeness (QED) is 0.738. The molecule has 0 amide bonds. The van der Waals surface area contributed by atoms with E-state index in [0.29, 0.717) is 5.82 Å². The molecule has 0 bridgehead atoms. The maximum atomic E-state index is 13.7. The number of para-hydroxylation sites is 1. The SMILES string of the molecule is Fc1cncnc1N1CCN(Cc2noc3ccccc23)CC1. The van der Waals surface area contributed by atoms with Crippen LogP contribution in [0.4, 0.5) is 10.2 Å². The number of hydrogen-bond donors (Lipinski definition) is 0. The van der Waals surface area contributed by atoms with Gasteiger partial charge in [-0.1, -0.05) is 17.3 Å². The molecule has 6 nitrogen and oxygen atoms in total. The predicted molar refractivity (Wildman–Crippen MR) is 83.5 cm³/mol. The van der Waals surface area contributed by atoms with Crippen LogP contribution in [0.1, 0.15) is 5.69 Å². The van der Waals surface area contributed by atoms with Crippen molar-refractivity contribution in [3.63, 3.8) is 0 Å². The van der Waals surface area contributed by atoms with E-state index < -0.39 is 0 Å². The molecule has 1 saturated heterocycles. The van der Waals surface area contributed by atoms with Crippen LogP contribution in [0.3, 0.4) is 0 Å². The molecule has 0 aliphatic carbocycles. The van der Waals surface area contributed by atoms with Crippen LogP contribution in [-0.4, -0.2) is 46.2 Å². The van der Waals surface area contributed by atoms with Crippen LogP contribution in [0.15, 0.2) is 41.3 Å². The van der Waals surface area contributed by atoms with Gasteiger partial charge >= 0.3 is 0 Å². The van der Waals surface area contributed by atoms with E-state index in [0.717, 1.165) is 49.4 Å². The first kappa shape index (κ1) is 14.1. The molecule has 1 aromatic carbocycles. The van der Waals surface area contributed by atoms with E-state index in [4.69, 9.17) is 4.52 Å². The number of nitrogens with zero attached hydrogens (tertiary/aromatic N) is 5. The maximum Gasteiger partial charge on any atom is 0.183 e. The average molecular weight is 313 g/mol. The molecule has 0 spiro atoms. The van der Waals surface area contributed by atoms with Crippen LogP contribution in [0, 0.1) is 5.82 Å². The Balaban J connectivity index is 1.43. The molecule has 23 heavy (non-hydrogen) atoms. The Morgan fingerprint density at radius 1 is 1.13 bits per heavy atom. The lowest BCUT2D eigenvalue weighted by Crippen LogP contribution is -2.46. The fourth-order valence-corrected chi connectivity index (χ4v) is 2.92. The molecule has 7 heteroatoms. The number of aromatic nitrogens is 3. The zero-order valence-electron chi connectivity index (χ0n) is 12.5. The predicted octanol–water partition coefficient (Wildman–Crippen LogP) is 2.08. The highest BCUT2D eigenvalue weighted by molar-refractivity contribution is 5.79. The van der Waals surface area contributed by atoms with Crippen molar-refractivity contribution in [1.29, 1.82) is 0 Å². The molecule has 0 N–H and O–H groups in total. The van der Waals surface area contributed by atoms with Gasteiger partial charge in [0.25, 0.3) is 0 Å². The average Bonchev–Trinajstić information content (AvgIpc) is 2.99. The zero-order valence-corrected chi connectivity index (χ0v) is 12.5. The van der Waals surface area contributed by atoms with Gasteiger partial charge in [0, 0.05) is 38.1 Å². The Morgan fingerprint density at radius 3 is 2.78 bits per heavy atom. The lowest BCUT2D eigenvalue weighted by molar-refractivity contribution is 0.242. The summed E-state index contributed by atoms with van der Waals surface area (Å²) in [6.07, 6.45) is 2.59. The Hall–Kier alpha value is -2.54. The van der Waals surface area contributed by atoms with E-state index in [9.17, 15) is 4.39 Å². The molecule has 1 aliphatic heterocycles. The molecule has 3 aromatic rings. The molecule has 0 atom stereocenters. The Kier molecular flexibility index (Phi) is 3.63. The third kappa shape index (κ3) is 2.75. The van der Waals surface area contributed by atoms with Gasteiger partial charge < -0.3 is 9.42 Å². The Morgan fingerprint density at radius 2 is 1.96 bits per heavy atom. The number of fused-ring (bicyclic) bond motifs is 1. The highest BCUT2D eigenvalue weighted by Gasteiger charge is 2.22. The van der Waals surface area contributed by atoms with Crippen LogP contribution in [0.2, 0.25) is 0 Å². The van der Waals surface area contributed by atoms with Crippen molar-refractivity contribution < 1.29 is 8.91 Å². The lowest BCUT2D eigenvalue weighted by Gasteiger charge is -2.34. The van der Waals surface area contributed by atoms with Gasteiger partial charge in [-0.3, -0.25) is 4.90 Å². The summed E-state index contributed by atoms with van der Waals surface area (Å²) in [5, 5.41) is 5.22. The smallest absolute Gasteiger partial charge is 0.183 e. The minimum absolute atomic E-state index is 0.372. The van der Waals surface area contributed by atoms with Crippen molar-refractivity contribution >= 4 is 16.8 Å². The van der Waals surface area contributed by atoms with Crippen molar-refractivity contribution in [2.75, 3.05) is 31.1 Å². The highest BCUT2D eigenvalue weighted by atomic mass is 19.1. The fraction of sp³-hybridized carbons (Fsp3) is 0.312. The van der Waals surface area contributed by atoms with E-state index in [1.165, 1.54) is 12.5 Å². The second kappa shape index (κ2) is 5.92.